The van der Waals surface area contributed by atoms with Gasteiger partial charge in [-0.15, -0.1) is 0 Å². The molecule has 29 heavy (non-hydrogen) atoms. The summed E-state index contributed by atoms with van der Waals surface area (Å²) in [5.41, 5.74) is 3.59. The molecule has 2 aromatic heterocycles. The van der Waals surface area contributed by atoms with Crippen LogP contribution in [0.2, 0.25) is 0 Å². The predicted octanol–water partition coefficient (Wildman–Crippen LogP) is 4.81. The second-order valence-corrected chi connectivity index (χ2v) is 7.02. The standard InChI is InChI=1S/C24H22N2O3/c1-24(27,20-9-6-14-25-15-20)22-21(16-28-2)29-26-23(22)19-12-10-18(11-13-19)17-7-4-3-5-8-17/h3-15,27H,16H2,1-2H3. The van der Waals surface area contributed by atoms with E-state index in [9.17, 15) is 5.11 Å². The van der Waals surface area contributed by atoms with Crippen LogP contribution in [0.5, 0.6) is 0 Å². The van der Waals surface area contributed by atoms with Crippen LogP contribution in [-0.4, -0.2) is 22.4 Å². The Hall–Kier alpha value is -3.28. The van der Waals surface area contributed by atoms with Gasteiger partial charge in [-0.25, -0.2) is 0 Å². The normalized spacial score (nSPS) is 13.2. The number of aromatic nitrogens is 2. The van der Waals surface area contributed by atoms with Gasteiger partial charge in [-0.05, 0) is 24.1 Å². The third kappa shape index (κ3) is 3.70. The highest BCUT2D eigenvalue weighted by atomic mass is 16.5. The molecule has 0 aliphatic heterocycles. The highest BCUT2D eigenvalue weighted by Gasteiger charge is 2.35. The van der Waals surface area contributed by atoms with Crippen molar-refractivity contribution in [2.45, 2.75) is 19.1 Å². The monoisotopic (exact) mass is 386 g/mol. The van der Waals surface area contributed by atoms with Gasteiger partial charge in [0.1, 0.15) is 17.9 Å². The van der Waals surface area contributed by atoms with Gasteiger partial charge < -0.3 is 14.4 Å². The van der Waals surface area contributed by atoms with Crippen LogP contribution >= 0.6 is 0 Å². The van der Waals surface area contributed by atoms with Crippen molar-refractivity contribution in [3.05, 3.63) is 96.0 Å². The van der Waals surface area contributed by atoms with Gasteiger partial charge >= 0.3 is 0 Å². The second-order valence-electron chi connectivity index (χ2n) is 7.02. The van der Waals surface area contributed by atoms with Crippen molar-refractivity contribution in [1.29, 1.82) is 0 Å². The molecule has 2 aromatic carbocycles. The summed E-state index contributed by atoms with van der Waals surface area (Å²) >= 11 is 0. The summed E-state index contributed by atoms with van der Waals surface area (Å²) < 4.78 is 10.8. The maximum absolute atomic E-state index is 11.4. The first-order valence-corrected chi connectivity index (χ1v) is 9.38. The van der Waals surface area contributed by atoms with Crippen LogP contribution in [0.25, 0.3) is 22.4 Å². The number of pyridine rings is 1. The molecule has 2 heterocycles. The van der Waals surface area contributed by atoms with E-state index in [1.807, 2.05) is 48.5 Å². The Morgan fingerprint density at radius 2 is 1.62 bits per heavy atom. The van der Waals surface area contributed by atoms with E-state index in [2.05, 4.69) is 22.3 Å². The molecule has 0 aliphatic rings. The lowest BCUT2D eigenvalue weighted by molar-refractivity contribution is 0.0928. The lowest BCUT2D eigenvalue weighted by Crippen LogP contribution is -2.25. The van der Waals surface area contributed by atoms with Crippen LogP contribution in [0.1, 0.15) is 23.8 Å². The topological polar surface area (TPSA) is 68.4 Å². The molecular formula is C24H22N2O3. The number of benzene rings is 2. The molecule has 0 bridgehead atoms. The number of hydrogen-bond acceptors (Lipinski definition) is 5. The molecule has 1 N–H and O–H groups in total. The molecule has 146 valence electrons. The zero-order chi connectivity index (χ0) is 20.3. The van der Waals surface area contributed by atoms with Crippen molar-refractivity contribution in [2.24, 2.45) is 0 Å². The molecule has 5 nitrogen and oxygen atoms in total. The Bertz CT molecular complexity index is 1070. The summed E-state index contributed by atoms with van der Waals surface area (Å²) in [6.45, 7) is 1.93. The van der Waals surface area contributed by atoms with Crippen molar-refractivity contribution < 1.29 is 14.4 Å². The first-order chi connectivity index (χ1) is 14.1. The van der Waals surface area contributed by atoms with E-state index < -0.39 is 5.60 Å². The molecule has 5 heteroatoms. The van der Waals surface area contributed by atoms with Gasteiger partial charge in [0.15, 0.2) is 5.76 Å². The smallest absolute Gasteiger partial charge is 0.169 e. The molecule has 0 aliphatic carbocycles. The Morgan fingerprint density at radius 1 is 0.931 bits per heavy atom. The minimum Gasteiger partial charge on any atom is -0.380 e. The summed E-state index contributed by atoms with van der Waals surface area (Å²) in [5.74, 6) is 0.489. The number of nitrogens with zero attached hydrogens (tertiary/aromatic N) is 2. The Morgan fingerprint density at radius 3 is 2.28 bits per heavy atom. The average Bonchev–Trinajstić information content (AvgIpc) is 3.20. The van der Waals surface area contributed by atoms with E-state index >= 15 is 0 Å². The van der Waals surface area contributed by atoms with E-state index in [0.717, 1.165) is 16.7 Å². The van der Waals surface area contributed by atoms with E-state index in [-0.39, 0.29) is 6.61 Å². The maximum atomic E-state index is 11.4. The lowest BCUT2D eigenvalue weighted by atomic mass is 9.86. The fraction of sp³-hybridized carbons (Fsp3) is 0.167. The Labute approximate surface area is 169 Å². The van der Waals surface area contributed by atoms with Gasteiger partial charge in [0.2, 0.25) is 0 Å². The summed E-state index contributed by atoms with van der Waals surface area (Å²) in [6.07, 6.45) is 3.32. The van der Waals surface area contributed by atoms with Crippen LogP contribution in [-0.2, 0) is 16.9 Å². The first-order valence-electron chi connectivity index (χ1n) is 9.38. The van der Waals surface area contributed by atoms with Crippen LogP contribution in [0, 0.1) is 0 Å². The Balaban J connectivity index is 1.79. The van der Waals surface area contributed by atoms with Crippen LogP contribution < -0.4 is 0 Å². The van der Waals surface area contributed by atoms with E-state index in [1.54, 1.807) is 32.5 Å². The number of rotatable bonds is 6. The van der Waals surface area contributed by atoms with Crippen molar-refractivity contribution in [1.82, 2.24) is 10.1 Å². The van der Waals surface area contributed by atoms with Gasteiger partial charge in [0.05, 0.1) is 5.56 Å². The zero-order valence-electron chi connectivity index (χ0n) is 16.4. The molecule has 0 saturated heterocycles. The average molecular weight is 386 g/mol. The second kappa shape index (κ2) is 7.99. The van der Waals surface area contributed by atoms with E-state index in [4.69, 9.17) is 9.26 Å². The number of aliphatic hydroxyl groups is 1. The SMILES string of the molecule is COCc1onc(-c2ccc(-c3ccccc3)cc2)c1C(C)(O)c1cccnc1. The third-order valence-electron chi connectivity index (χ3n) is 5.01. The minimum atomic E-state index is -1.34. The van der Waals surface area contributed by atoms with Crippen molar-refractivity contribution in [3.63, 3.8) is 0 Å². The molecule has 4 aromatic rings. The van der Waals surface area contributed by atoms with Crippen LogP contribution in [0.4, 0.5) is 0 Å². The zero-order valence-corrected chi connectivity index (χ0v) is 16.4. The highest BCUT2D eigenvalue weighted by Crippen LogP contribution is 2.39. The third-order valence-corrected chi connectivity index (χ3v) is 5.01. The molecular weight excluding hydrogens is 364 g/mol. The van der Waals surface area contributed by atoms with Gasteiger partial charge in [-0.1, -0.05) is 65.8 Å². The van der Waals surface area contributed by atoms with Gasteiger partial charge in [-0.3, -0.25) is 4.98 Å². The summed E-state index contributed by atoms with van der Waals surface area (Å²) in [7, 11) is 1.58. The number of methoxy groups -OCH3 is 1. The van der Waals surface area contributed by atoms with Crippen molar-refractivity contribution in [3.8, 4) is 22.4 Å². The molecule has 4 rings (SSSR count). The summed E-state index contributed by atoms with van der Waals surface area (Å²) in [5, 5.41) is 15.7. The van der Waals surface area contributed by atoms with Crippen molar-refractivity contribution >= 4 is 0 Å². The fourth-order valence-electron chi connectivity index (χ4n) is 3.50. The molecule has 0 amide bonds. The predicted molar refractivity (Wildman–Crippen MR) is 111 cm³/mol. The molecule has 1 unspecified atom stereocenters. The van der Waals surface area contributed by atoms with E-state index in [0.29, 0.717) is 22.6 Å². The van der Waals surface area contributed by atoms with Crippen molar-refractivity contribution in [2.75, 3.05) is 7.11 Å². The highest BCUT2D eigenvalue weighted by molar-refractivity contribution is 5.71. The van der Waals surface area contributed by atoms with Gasteiger partial charge in [0.25, 0.3) is 0 Å². The molecule has 1 atom stereocenters. The van der Waals surface area contributed by atoms with E-state index in [1.165, 1.54) is 0 Å². The molecule has 0 radical (unpaired) electrons. The molecule has 0 saturated carbocycles. The van der Waals surface area contributed by atoms with Crippen LogP contribution in [0.15, 0.2) is 83.6 Å². The van der Waals surface area contributed by atoms with Gasteiger partial charge in [0, 0.05) is 30.6 Å². The number of ether oxygens (including phenoxy) is 1. The largest absolute Gasteiger partial charge is 0.380 e. The summed E-state index contributed by atoms with van der Waals surface area (Å²) in [6, 6.07) is 21.8. The minimum absolute atomic E-state index is 0.209. The van der Waals surface area contributed by atoms with Crippen LogP contribution in [0.3, 0.4) is 0 Å². The quantitative estimate of drug-likeness (QED) is 0.515. The molecule has 0 fully saturated rings. The maximum Gasteiger partial charge on any atom is 0.169 e. The Kier molecular flexibility index (Phi) is 5.25. The molecule has 0 spiro atoms. The lowest BCUT2D eigenvalue weighted by Gasteiger charge is -2.24. The summed E-state index contributed by atoms with van der Waals surface area (Å²) in [4.78, 5) is 4.14. The van der Waals surface area contributed by atoms with Gasteiger partial charge in [-0.2, -0.15) is 0 Å². The fourth-order valence-corrected chi connectivity index (χ4v) is 3.50. The number of hydrogen-bond donors (Lipinski definition) is 1. The first kappa shape index (κ1) is 19.1.